The molecule has 63 valence electrons. The fraction of sp³-hybridized carbons (Fsp3) is 0.333. The van der Waals surface area contributed by atoms with Crippen LogP contribution in [0.2, 0.25) is 0 Å². The first-order valence-electron chi connectivity index (χ1n) is 2.34. The van der Waals surface area contributed by atoms with Gasteiger partial charge < -0.3 is 9.47 Å². The summed E-state index contributed by atoms with van der Waals surface area (Å²) in [5.74, 6) is -0.991. The third kappa shape index (κ3) is 41.4. The van der Waals surface area contributed by atoms with Gasteiger partial charge in [0, 0.05) is 32.7 Å². The molecule has 0 spiro atoms. The molecule has 0 N–H and O–H groups in total. The molecular formula is C6H10O4Y-2. The molecule has 0 saturated heterocycles. The predicted molar refractivity (Wildman–Crippen MR) is 34.7 cm³/mol. The Morgan fingerprint density at radius 2 is 1.09 bits per heavy atom. The minimum absolute atomic E-state index is 0. The van der Waals surface area contributed by atoms with Gasteiger partial charge in [-0.2, -0.15) is 0 Å². The molecular weight excluding hydrogens is 225 g/mol. The van der Waals surface area contributed by atoms with Gasteiger partial charge in [0.25, 0.3) is 0 Å². The van der Waals surface area contributed by atoms with E-state index in [0.717, 1.165) is 0 Å². The van der Waals surface area contributed by atoms with Crippen molar-refractivity contribution in [1.29, 1.82) is 0 Å². The van der Waals surface area contributed by atoms with Crippen LogP contribution in [0.25, 0.3) is 0 Å². The Morgan fingerprint density at radius 3 is 1.09 bits per heavy atom. The van der Waals surface area contributed by atoms with Gasteiger partial charge in [-0.15, -0.1) is 0 Å². The summed E-state index contributed by atoms with van der Waals surface area (Å²) in [6, 6.07) is 0. The molecule has 0 fully saturated rings. The Morgan fingerprint density at radius 1 is 1.00 bits per heavy atom. The van der Waals surface area contributed by atoms with Crippen molar-refractivity contribution in [2.75, 3.05) is 14.2 Å². The van der Waals surface area contributed by atoms with Gasteiger partial charge >= 0.3 is 0 Å². The smallest absolute Gasteiger partial charge is 0.164 e. The first kappa shape index (κ1) is 17.0. The fourth-order valence-electron chi connectivity index (χ4n) is 0. The normalized spacial score (nSPS) is 6.00. The summed E-state index contributed by atoms with van der Waals surface area (Å²) < 4.78 is 8.00. The maximum Gasteiger partial charge on any atom is 0.164 e. The fourth-order valence-corrected chi connectivity index (χ4v) is 0. The van der Waals surface area contributed by atoms with Gasteiger partial charge in [0.15, 0.2) is 11.9 Å². The number of rotatable bonds is 0. The second-order valence-electron chi connectivity index (χ2n) is 1.15. The van der Waals surface area contributed by atoms with E-state index in [4.69, 9.17) is 0 Å². The summed E-state index contributed by atoms with van der Waals surface area (Å²) in [4.78, 5) is 19.0. The van der Waals surface area contributed by atoms with Crippen LogP contribution in [0.5, 0.6) is 0 Å². The Hall–Kier alpha value is -0.216. The average molecular weight is 235 g/mol. The number of ether oxygens (including phenoxy) is 2. The average Bonchev–Trinajstić information content (AvgIpc) is 1.89. The molecule has 0 atom stereocenters. The van der Waals surface area contributed by atoms with Gasteiger partial charge in [0.1, 0.15) is 0 Å². The molecule has 0 aliphatic carbocycles. The Labute approximate surface area is 91.5 Å². The molecule has 0 amide bonds. The summed E-state index contributed by atoms with van der Waals surface area (Å²) in [7, 11) is 2.57. The van der Waals surface area contributed by atoms with E-state index in [9.17, 15) is 9.59 Å². The number of hydrogen-bond acceptors (Lipinski definition) is 4. The van der Waals surface area contributed by atoms with Crippen molar-refractivity contribution < 1.29 is 51.8 Å². The standard InChI is InChI=1S/2C3H5O2.Y/c2*1-3(4)5-2;/h2*1H2,2H3;/q2*-1;. The van der Waals surface area contributed by atoms with Crippen molar-refractivity contribution in [3.8, 4) is 0 Å². The van der Waals surface area contributed by atoms with E-state index in [0.29, 0.717) is 0 Å². The topological polar surface area (TPSA) is 52.6 Å². The minimum Gasteiger partial charge on any atom is -0.492 e. The molecule has 0 aliphatic heterocycles. The largest absolute Gasteiger partial charge is 0.492 e. The van der Waals surface area contributed by atoms with Gasteiger partial charge in [-0.25, -0.2) is 0 Å². The molecule has 0 aliphatic rings. The van der Waals surface area contributed by atoms with E-state index < -0.39 is 11.9 Å². The van der Waals surface area contributed by atoms with E-state index >= 15 is 0 Å². The molecule has 11 heavy (non-hydrogen) atoms. The summed E-state index contributed by atoms with van der Waals surface area (Å²) in [6.45, 7) is 5.79. The molecule has 0 aromatic carbocycles. The van der Waals surface area contributed by atoms with Crippen LogP contribution < -0.4 is 0 Å². The number of esters is 2. The molecule has 0 unspecified atom stereocenters. The van der Waals surface area contributed by atoms with Crippen molar-refractivity contribution >= 4 is 11.9 Å². The zero-order valence-corrected chi connectivity index (χ0v) is 9.46. The SMILES string of the molecule is [CH2-]C(=O)OC.[CH2-]C(=O)OC.[Y]. The Kier molecular flexibility index (Phi) is 19.3. The summed E-state index contributed by atoms with van der Waals surface area (Å²) in [5.41, 5.74) is 0. The van der Waals surface area contributed by atoms with Crippen LogP contribution in [0.1, 0.15) is 0 Å². The van der Waals surface area contributed by atoms with Gasteiger partial charge in [0.05, 0.1) is 14.2 Å². The van der Waals surface area contributed by atoms with Gasteiger partial charge in [-0.1, -0.05) is 0 Å². The third-order valence-corrected chi connectivity index (χ3v) is 0.455. The third-order valence-electron chi connectivity index (χ3n) is 0.455. The van der Waals surface area contributed by atoms with Crippen molar-refractivity contribution in [2.24, 2.45) is 0 Å². The second kappa shape index (κ2) is 12.5. The van der Waals surface area contributed by atoms with Crippen LogP contribution in [0.3, 0.4) is 0 Å². The van der Waals surface area contributed by atoms with E-state index in [2.05, 4.69) is 23.3 Å². The molecule has 0 aromatic heterocycles. The number of carbonyl (C=O) groups excluding carboxylic acids is 2. The maximum absolute atomic E-state index is 9.48. The summed E-state index contributed by atoms with van der Waals surface area (Å²) >= 11 is 0. The molecule has 4 nitrogen and oxygen atoms in total. The summed E-state index contributed by atoms with van der Waals surface area (Å²) in [6.07, 6.45) is 0. The summed E-state index contributed by atoms with van der Waals surface area (Å²) in [5, 5.41) is 0. The van der Waals surface area contributed by atoms with E-state index in [1.54, 1.807) is 0 Å². The Bertz CT molecular complexity index is 99.1. The Balaban J connectivity index is -0.000000107. The quantitative estimate of drug-likeness (QED) is 0.437. The molecule has 0 bridgehead atoms. The first-order valence-corrected chi connectivity index (χ1v) is 2.34. The van der Waals surface area contributed by atoms with Crippen molar-refractivity contribution in [3.05, 3.63) is 13.8 Å². The molecule has 0 aromatic rings. The van der Waals surface area contributed by atoms with Crippen LogP contribution in [0.15, 0.2) is 0 Å². The predicted octanol–water partition coefficient (Wildman–Crippen LogP) is -0.0155. The van der Waals surface area contributed by atoms with Crippen LogP contribution in [0.4, 0.5) is 0 Å². The monoisotopic (exact) mass is 235 g/mol. The first-order chi connectivity index (χ1) is 4.54. The minimum atomic E-state index is -0.495. The van der Waals surface area contributed by atoms with Gasteiger partial charge in [-0.3, -0.25) is 23.4 Å². The van der Waals surface area contributed by atoms with E-state index in [1.807, 2.05) is 0 Å². The zero-order chi connectivity index (χ0) is 8.57. The van der Waals surface area contributed by atoms with Crippen molar-refractivity contribution in [1.82, 2.24) is 0 Å². The van der Waals surface area contributed by atoms with E-state index in [-0.39, 0.29) is 32.7 Å². The number of methoxy groups -OCH3 is 2. The van der Waals surface area contributed by atoms with Crippen LogP contribution in [-0.2, 0) is 51.8 Å². The number of carbonyl (C=O) groups is 2. The van der Waals surface area contributed by atoms with Crippen LogP contribution in [-0.4, -0.2) is 26.2 Å². The van der Waals surface area contributed by atoms with Crippen molar-refractivity contribution in [3.63, 3.8) is 0 Å². The van der Waals surface area contributed by atoms with Crippen LogP contribution in [0, 0.1) is 13.8 Å². The molecule has 1 radical (unpaired) electrons. The second-order valence-corrected chi connectivity index (χ2v) is 1.15. The zero-order valence-electron chi connectivity index (χ0n) is 6.62. The van der Waals surface area contributed by atoms with E-state index in [1.165, 1.54) is 14.2 Å². The van der Waals surface area contributed by atoms with Crippen molar-refractivity contribution in [2.45, 2.75) is 0 Å². The van der Waals surface area contributed by atoms with Gasteiger partial charge in [-0.05, 0) is 0 Å². The molecule has 0 rings (SSSR count). The molecule has 0 heterocycles. The molecule has 0 saturated carbocycles. The maximum atomic E-state index is 9.48. The van der Waals surface area contributed by atoms with Crippen LogP contribution >= 0.6 is 0 Å². The molecule has 5 heteroatoms. The van der Waals surface area contributed by atoms with Gasteiger partial charge in [0.2, 0.25) is 0 Å². The number of hydrogen-bond donors (Lipinski definition) is 0.